The number of amides is 1. The van der Waals surface area contributed by atoms with Gasteiger partial charge in [-0.3, -0.25) is 14.4 Å². The fourth-order valence-electron chi connectivity index (χ4n) is 2.92. The van der Waals surface area contributed by atoms with Crippen molar-refractivity contribution in [2.45, 2.75) is 26.7 Å². The number of carboxylic acids is 1. The Bertz CT molecular complexity index is 604. The van der Waals surface area contributed by atoms with Crippen molar-refractivity contribution in [2.24, 2.45) is 5.92 Å². The Balaban J connectivity index is 1.85. The second-order valence-corrected chi connectivity index (χ2v) is 6.38. The number of carbonyl (C=O) groups is 3. The predicted molar refractivity (Wildman–Crippen MR) is 91.3 cm³/mol. The van der Waals surface area contributed by atoms with Crippen molar-refractivity contribution in [3.05, 3.63) is 29.8 Å². The standard InChI is InChI=1S/C18H24N2O4/c1-13(12-18(23)24)11-17(22)20-9-7-19(8-10-20)16-5-3-15(4-6-16)14(2)21/h3-6,13H,7-12H2,1-2H3,(H,23,24). The second kappa shape index (κ2) is 7.95. The zero-order chi connectivity index (χ0) is 17.7. The summed E-state index contributed by atoms with van der Waals surface area (Å²) in [5.74, 6) is -0.941. The van der Waals surface area contributed by atoms with E-state index < -0.39 is 5.97 Å². The van der Waals surface area contributed by atoms with Crippen molar-refractivity contribution in [1.29, 1.82) is 0 Å². The molecule has 0 bridgehead atoms. The number of nitrogens with zero attached hydrogens (tertiary/aromatic N) is 2. The lowest BCUT2D eigenvalue weighted by atomic mass is 10.0. The molecule has 24 heavy (non-hydrogen) atoms. The molecule has 6 nitrogen and oxygen atoms in total. The van der Waals surface area contributed by atoms with E-state index in [1.807, 2.05) is 24.3 Å². The Labute approximate surface area is 142 Å². The van der Waals surface area contributed by atoms with Crippen LogP contribution in [0.4, 0.5) is 5.69 Å². The molecule has 130 valence electrons. The first-order valence-corrected chi connectivity index (χ1v) is 8.22. The summed E-state index contributed by atoms with van der Waals surface area (Å²) in [6, 6.07) is 7.51. The number of anilines is 1. The minimum absolute atomic E-state index is 0.0220. The number of carboxylic acid groups (broad SMARTS) is 1. The van der Waals surface area contributed by atoms with Gasteiger partial charge >= 0.3 is 5.97 Å². The summed E-state index contributed by atoms with van der Waals surface area (Å²) >= 11 is 0. The lowest BCUT2D eigenvalue weighted by molar-refractivity contribution is -0.138. The van der Waals surface area contributed by atoms with Crippen molar-refractivity contribution in [3.63, 3.8) is 0 Å². The van der Waals surface area contributed by atoms with E-state index >= 15 is 0 Å². The van der Waals surface area contributed by atoms with Gasteiger partial charge in [0.25, 0.3) is 0 Å². The minimum atomic E-state index is -0.867. The molecule has 0 radical (unpaired) electrons. The molecule has 6 heteroatoms. The molecule has 0 aromatic heterocycles. The van der Waals surface area contributed by atoms with Gasteiger partial charge in [-0.25, -0.2) is 0 Å². The maximum Gasteiger partial charge on any atom is 0.303 e. The maximum absolute atomic E-state index is 12.2. The number of rotatable bonds is 6. The summed E-state index contributed by atoms with van der Waals surface area (Å²) < 4.78 is 0. The molecule has 1 saturated heterocycles. The summed E-state index contributed by atoms with van der Waals surface area (Å²) in [6.07, 6.45) is 0.299. The number of aliphatic carboxylic acids is 1. The van der Waals surface area contributed by atoms with Gasteiger partial charge in [0.1, 0.15) is 0 Å². The lowest BCUT2D eigenvalue weighted by Gasteiger charge is -2.36. The van der Waals surface area contributed by atoms with E-state index in [9.17, 15) is 14.4 Å². The third kappa shape index (κ3) is 4.81. The van der Waals surface area contributed by atoms with E-state index in [-0.39, 0.29) is 30.4 Å². The number of Topliss-reactive ketones (excluding diaryl/α,β-unsaturated/α-hetero) is 1. The molecule has 1 amide bonds. The number of ketones is 1. The van der Waals surface area contributed by atoms with Gasteiger partial charge in [-0.05, 0) is 37.1 Å². The van der Waals surface area contributed by atoms with Gasteiger partial charge in [0.2, 0.25) is 5.91 Å². The number of benzene rings is 1. The minimum Gasteiger partial charge on any atom is -0.481 e. The topological polar surface area (TPSA) is 77.9 Å². The molecule has 1 unspecified atom stereocenters. The fourth-order valence-corrected chi connectivity index (χ4v) is 2.92. The van der Waals surface area contributed by atoms with Crippen molar-refractivity contribution in [1.82, 2.24) is 4.90 Å². The Hall–Kier alpha value is -2.37. The molecule has 1 aliphatic heterocycles. The van der Waals surface area contributed by atoms with Crippen LogP contribution in [-0.2, 0) is 9.59 Å². The third-order valence-corrected chi connectivity index (χ3v) is 4.32. The van der Waals surface area contributed by atoms with Crippen LogP contribution < -0.4 is 4.90 Å². The van der Waals surface area contributed by atoms with Crippen molar-refractivity contribution in [2.75, 3.05) is 31.1 Å². The lowest BCUT2D eigenvalue weighted by Crippen LogP contribution is -2.49. The number of hydrogen-bond donors (Lipinski definition) is 1. The average molecular weight is 332 g/mol. The summed E-state index contributed by atoms with van der Waals surface area (Å²) in [4.78, 5) is 38.2. The largest absolute Gasteiger partial charge is 0.481 e. The van der Waals surface area contributed by atoms with Gasteiger partial charge in [-0.15, -0.1) is 0 Å². The normalized spacial score (nSPS) is 15.9. The molecule has 2 rings (SSSR count). The van der Waals surface area contributed by atoms with E-state index in [0.29, 0.717) is 18.7 Å². The van der Waals surface area contributed by atoms with E-state index in [2.05, 4.69) is 4.90 Å². The molecule has 1 aliphatic rings. The highest BCUT2D eigenvalue weighted by Gasteiger charge is 2.23. The molecule has 1 aromatic rings. The molecule has 1 aromatic carbocycles. The highest BCUT2D eigenvalue weighted by molar-refractivity contribution is 5.94. The second-order valence-electron chi connectivity index (χ2n) is 6.38. The highest BCUT2D eigenvalue weighted by atomic mass is 16.4. The van der Waals surface area contributed by atoms with Crippen LogP contribution in [0.2, 0.25) is 0 Å². The molecular formula is C18H24N2O4. The van der Waals surface area contributed by atoms with Crippen LogP contribution in [0.5, 0.6) is 0 Å². The molecule has 1 atom stereocenters. The van der Waals surface area contributed by atoms with E-state index in [1.165, 1.54) is 0 Å². The van der Waals surface area contributed by atoms with E-state index in [0.717, 1.165) is 18.8 Å². The Kier molecular flexibility index (Phi) is 5.95. The molecular weight excluding hydrogens is 308 g/mol. The van der Waals surface area contributed by atoms with Crippen LogP contribution >= 0.6 is 0 Å². The van der Waals surface area contributed by atoms with Crippen molar-refractivity contribution >= 4 is 23.3 Å². The van der Waals surface area contributed by atoms with Crippen LogP contribution in [0.25, 0.3) is 0 Å². The Morgan fingerprint density at radius 2 is 1.62 bits per heavy atom. The Morgan fingerprint density at radius 3 is 2.12 bits per heavy atom. The SMILES string of the molecule is CC(=O)c1ccc(N2CCN(C(=O)CC(C)CC(=O)O)CC2)cc1. The maximum atomic E-state index is 12.2. The van der Waals surface area contributed by atoms with Gasteiger partial charge < -0.3 is 14.9 Å². The smallest absolute Gasteiger partial charge is 0.303 e. The van der Waals surface area contributed by atoms with E-state index in [4.69, 9.17) is 5.11 Å². The molecule has 1 heterocycles. The quantitative estimate of drug-likeness (QED) is 0.807. The predicted octanol–water partition coefficient (Wildman–Crippen LogP) is 2.04. The Morgan fingerprint density at radius 1 is 1.04 bits per heavy atom. The number of carbonyl (C=O) groups excluding carboxylic acids is 2. The monoisotopic (exact) mass is 332 g/mol. The van der Waals surface area contributed by atoms with Gasteiger partial charge in [0.05, 0.1) is 0 Å². The van der Waals surface area contributed by atoms with Crippen LogP contribution in [0.1, 0.15) is 37.0 Å². The molecule has 1 N–H and O–H groups in total. The van der Waals surface area contributed by atoms with Gasteiger partial charge in [-0.1, -0.05) is 6.92 Å². The average Bonchev–Trinajstić information content (AvgIpc) is 2.54. The van der Waals surface area contributed by atoms with Gasteiger partial charge in [0.15, 0.2) is 5.78 Å². The first-order valence-electron chi connectivity index (χ1n) is 8.22. The number of piperazine rings is 1. The fraction of sp³-hybridized carbons (Fsp3) is 0.500. The van der Waals surface area contributed by atoms with Crippen LogP contribution in [0.3, 0.4) is 0 Å². The molecule has 0 aliphatic carbocycles. The third-order valence-electron chi connectivity index (χ3n) is 4.32. The van der Waals surface area contributed by atoms with Crippen molar-refractivity contribution < 1.29 is 19.5 Å². The number of hydrogen-bond acceptors (Lipinski definition) is 4. The van der Waals surface area contributed by atoms with Crippen molar-refractivity contribution in [3.8, 4) is 0 Å². The van der Waals surface area contributed by atoms with Crippen LogP contribution in [0.15, 0.2) is 24.3 Å². The molecule has 1 fully saturated rings. The first kappa shape index (κ1) is 18.0. The zero-order valence-corrected chi connectivity index (χ0v) is 14.2. The summed E-state index contributed by atoms with van der Waals surface area (Å²) in [5, 5.41) is 8.77. The molecule has 0 spiro atoms. The summed E-state index contributed by atoms with van der Waals surface area (Å²) in [6.45, 7) is 6.07. The van der Waals surface area contributed by atoms with Crippen LogP contribution in [0, 0.1) is 5.92 Å². The van der Waals surface area contributed by atoms with Gasteiger partial charge in [-0.2, -0.15) is 0 Å². The zero-order valence-electron chi connectivity index (χ0n) is 14.2. The van der Waals surface area contributed by atoms with Gasteiger partial charge in [0, 0.05) is 50.3 Å². The molecule has 0 saturated carbocycles. The highest BCUT2D eigenvalue weighted by Crippen LogP contribution is 2.19. The van der Waals surface area contributed by atoms with E-state index in [1.54, 1.807) is 18.7 Å². The summed E-state index contributed by atoms with van der Waals surface area (Å²) in [5.41, 5.74) is 1.74. The van der Waals surface area contributed by atoms with Crippen LogP contribution in [-0.4, -0.2) is 53.8 Å². The summed E-state index contributed by atoms with van der Waals surface area (Å²) in [7, 11) is 0. The first-order chi connectivity index (χ1) is 11.4.